The van der Waals surface area contributed by atoms with Gasteiger partial charge in [0, 0.05) is 13.1 Å². The number of rotatable bonds is 4. The molecule has 1 aliphatic heterocycles. The highest BCUT2D eigenvalue weighted by Crippen LogP contribution is 2.20. The fraction of sp³-hybridized carbons (Fsp3) is 0.875. The molecule has 6 nitrogen and oxygen atoms in total. The molecule has 106 valence electrons. The van der Waals surface area contributed by atoms with Gasteiger partial charge in [0.1, 0.15) is 6.54 Å². The second-order valence-corrected chi connectivity index (χ2v) is 5.56. The highest BCUT2D eigenvalue weighted by Gasteiger charge is 2.37. The average molecular weight is 290 g/mol. The standard InChI is InChI=1S/C8H13F3N2O4S/c1-17-7(14)6-2-3-13(4-6)18(15,16)12-5-8(9,10)11/h6,12H,2-5H2,1H3. The third-order valence-electron chi connectivity index (χ3n) is 2.48. The van der Waals surface area contributed by atoms with Crippen LogP contribution in [0.4, 0.5) is 13.2 Å². The number of halogens is 3. The summed E-state index contributed by atoms with van der Waals surface area (Å²) in [5.41, 5.74) is 0. The monoisotopic (exact) mass is 290 g/mol. The molecule has 1 unspecified atom stereocenters. The average Bonchev–Trinajstić information content (AvgIpc) is 2.74. The molecule has 1 atom stereocenters. The zero-order valence-corrected chi connectivity index (χ0v) is 10.3. The molecule has 0 aromatic heterocycles. The number of alkyl halides is 3. The molecule has 0 aromatic rings. The Morgan fingerprint density at radius 3 is 2.61 bits per heavy atom. The van der Waals surface area contributed by atoms with Gasteiger partial charge in [-0.2, -0.15) is 30.6 Å². The first kappa shape index (κ1) is 15.2. The normalized spacial score (nSPS) is 22.1. The van der Waals surface area contributed by atoms with E-state index in [1.54, 1.807) is 0 Å². The Balaban J connectivity index is 2.58. The summed E-state index contributed by atoms with van der Waals surface area (Å²) in [6.07, 6.45) is -4.38. The van der Waals surface area contributed by atoms with Crippen LogP contribution >= 0.6 is 0 Å². The molecule has 1 saturated heterocycles. The van der Waals surface area contributed by atoms with Gasteiger partial charge in [-0.15, -0.1) is 0 Å². The molecular formula is C8H13F3N2O4S. The van der Waals surface area contributed by atoms with E-state index in [4.69, 9.17) is 0 Å². The topological polar surface area (TPSA) is 75.7 Å². The Morgan fingerprint density at radius 1 is 1.50 bits per heavy atom. The summed E-state index contributed by atoms with van der Waals surface area (Å²) in [6.45, 7) is -1.80. The smallest absolute Gasteiger partial charge is 0.402 e. The molecule has 0 saturated carbocycles. The van der Waals surface area contributed by atoms with Crippen LogP contribution in [0.15, 0.2) is 0 Å². The van der Waals surface area contributed by atoms with Crippen LogP contribution < -0.4 is 4.72 Å². The van der Waals surface area contributed by atoms with Gasteiger partial charge < -0.3 is 4.74 Å². The van der Waals surface area contributed by atoms with E-state index in [1.165, 1.54) is 11.8 Å². The summed E-state index contributed by atoms with van der Waals surface area (Å²) in [4.78, 5) is 11.2. The molecule has 0 radical (unpaired) electrons. The van der Waals surface area contributed by atoms with Gasteiger partial charge in [-0.25, -0.2) is 0 Å². The Bertz CT molecular complexity index is 409. The van der Waals surface area contributed by atoms with Crippen LogP contribution in [0.1, 0.15) is 6.42 Å². The first-order chi connectivity index (χ1) is 8.15. The number of hydrogen-bond acceptors (Lipinski definition) is 4. The van der Waals surface area contributed by atoms with Crippen LogP contribution in [-0.4, -0.2) is 51.6 Å². The first-order valence-electron chi connectivity index (χ1n) is 5.05. The highest BCUT2D eigenvalue weighted by atomic mass is 32.2. The van der Waals surface area contributed by atoms with Crippen molar-refractivity contribution in [3.05, 3.63) is 0 Å². The molecule has 18 heavy (non-hydrogen) atoms. The minimum atomic E-state index is -4.62. The van der Waals surface area contributed by atoms with Gasteiger partial charge in [0.05, 0.1) is 13.0 Å². The lowest BCUT2D eigenvalue weighted by Gasteiger charge is -2.17. The van der Waals surface area contributed by atoms with E-state index in [9.17, 15) is 26.4 Å². The Kier molecular flexibility index (Phi) is 4.56. The van der Waals surface area contributed by atoms with Crippen molar-refractivity contribution in [1.82, 2.24) is 9.03 Å². The molecule has 10 heteroatoms. The van der Waals surface area contributed by atoms with Crippen molar-refractivity contribution < 1.29 is 31.1 Å². The maximum atomic E-state index is 11.9. The van der Waals surface area contributed by atoms with Gasteiger partial charge in [0.15, 0.2) is 0 Å². The molecule has 0 aromatic carbocycles. The van der Waals surface area contributed by atoms with Crippen molar-refractivity contribution in [3.8, 4) is 0 Å². The third-order valence-corrected chi connectivity index (χ3v) is 4.00. The fourth-order valence-corrected chi connectivity index (χ4v) is 2.82. The van der Waals surface area contributed by atoms with Crippen LogP contribution in [0, 0.1) is 5.92 Å². The number of hydrogen-bond donors (Lipinski definition) is 1. The van der Waals surface area contributed by atoms with Gasteiger partial charge in [0.25, 0.3) is 10.2 Å². The summed E-state index contributed by atoms with van der Waals surface area (Å²) in [5.74, 6) is -1.19. The Hall–Kier alpha value is -0.870. The Labute approximate surface area is 102 Å². The number of methoxy groups -OCH3 is 1. The summed E-state index contributed by atoms with van der Waals surface area (Å²) >= 11 is 0. The van der Waals surface area contributed by atoms with Gasteiger partial charge >= 0.3 is 12.1 Å². The number of nitrogens with one attached hydrogen (secondary N) is 1. The van der Waals surface area contributed by atoms with Crippen LogP contribution in [0.3, 0.4) is 0 Å². The van der Waals surface area contributed by atoms with Gasteiger partial charge in [-0.1, -0.05) is 0 Å². The molecule has 0 bridgehead atoms. The summed E-state index contributed by atoms with van der Waals surface area (Å²) < 4.78 is 65.4. The molecule has 0 aliphatic carbocycles. The zero-order valence-electron chi connectivity index (χ0n) is 9.53. The molecule has 1 N–H and O–H groups in total. The lowest BCUT2D eigenvalue weighted by Crippen LogP contribution is -2.43. The van der Waals surface area contributed by atoms with E-state index in [2.05, 4.69) is 4.74 Å². The highest BCUT2D eigenvalue weighted by molar-refractivity contribution is 7.87. The lowest BCUT2D eigenvalue weighted by molar-refractivity contribution is -0.144. The maximum Gasteiger partial charge on any atom is 0.402 e. The van der Waals surface area contributed by atoms with Crippen molar-refractivity contribution in [3.63, 3.8) is 0 Å². The van der Waals surface area contributed by atoms with Crippen LogP contribution in [0.2, 0.25) is 0 Å². The van der Waals surface area contributed by atoms with Crippen LogP contribution in [0.25, 0.3) is 0 Å². The zero-order chi connectivity index (χ0) is 14.0. The molecule has 0 amide bonds. The molecule has 1 heterocycles. The van der Waals surface area contributed by atoms with E-state index < -0.39 is 34.8 Å². The maximum absolute atomic E-state index is 11.9. The van der Waals surface area contributed by atoms with E-state index >= 15 is 0 Å². The number of esters is 1. The van der Waals surface area contributed by atoms with E-state index in [-0.39, 0.29) is 19.5 Å². The molecule has 1 rings (SSSR count). The van der Waals surface area contributed by atoms with Crippen molar-refractivity contribution in [2.75, 3.05) is 26.7 Å². The quantitative estimate of drug-likeness (QED) is 0.732. The van der Waals surface area contributed by atoms with Gasteiger partial charge in [0.2, 0.25) is 0 Å². The Morgan fingerprint density at radius 2 is 2.11 bits per heavy atom. The SMILES string of the molecule is COC(=O)C1CCN(S(=O)(=O)NCC(F)(F)F)C1. The van der Waals surface area contributed by atoms with E-state index in [1.807, 2.05) is 0 Å². The second kappa shape index (κ2) is 5.41. The van der Waals surface area contributed by atoms with Crippen molar-refractivity contribution in [2.24, 2.45) is 5.92 Å². The van der Waals surface area contributed by atoms with Crippen LogP contribution in [0.5, 0.6) is 0 Å². The van der Waals surface area contributed by atoms with Gasteiger partial charge in [-0.3, -0.25) is 4.79 Å². The predicted octanol–water partition coefficient (Wildman–Crippen LogP) is -0.122. The number of ether oxygens (including phenoxy) is 1. The number of carbonyl (C=O) groups excluding carboxylic acids is 1. The summed E-state index contributed by atoms with van der Waals surface area (Å²) in [7, 11) is -3.04. The fourth-order valence-electron chi connectivity index (χ4n) is 1.57. The molecule has 0 spiro atoms. The lowest BCUT2D eigenvalue weighted by atomic mass is 10.1. The van der Waals surface area contributed by atoms with Crippen molar-refractivity contribution >= 4 is 16.2 Å². The minimum absolute atomic E-state index is 0.00699. The third kappa shape index (κ3) is 4.10. The van der Waals surface area contributed by atoms with E-state index in [0.717, 1.165) is 4.31 Å². The van der Waals surface area contributed by atoms with E-state index in [0.29, 0.717) is 0 Å². The van der Waals surface area contributed by atoms with Crippen LogP contribution in [-0.2, 0) is 19.7 Å². The molecular weight excluding hydrogens is 277 g/mol. The largest absolute Gasteiger partial charge is 0.469 e. The minimum Gasteiger partial charge on any atom is -0.469 e. The summed E-state index contributed by atoms with van der Waals surface area (Å²) in [5, 5.41) is 0. The molecule has 1 aliphatic rings. The number of nitrogens with zero attached hydrogens (tertiary/aromatic N) is 1. The second-order valence-electron chi connectivity index (χ2n) is 3.81. The predicted molar refractivity (Wildman–Crippen MR) is 54.7 cm³/mol. The van der Waals surface area contributed by atoms with Gasteiger partial charge in [-0.05, 0) is 6.42 Å². The number of carbonyl (C=O) groups is 1. The van der Waals surface area contributed by atoms with Crippen molar-refractivity contribution in [2.45, 2.75) is 12.6 Å². The first-order valence-corrected chi connectivity index (χ1v) is 6.49. The molecule has 1 fully saturated rings. The summed E-state index contributed by atoms with van der Waals surface area (Å²) in [6, 6.07) is 0. The van der Waals surface area contributed by atoms with Crippen molar-refractivity contribution in [1.29, 1.82) is 0 Å².